The topological polar surface area (TPSA) is 59.3 Å². The van der Waals surface area contributed by atoms with Crippen LogP contribution in [0.4, 0.5) is 0 Å². The summed E-state index contributed by atoms with van der Waals surface area (Å²) < 4.78 is 31.3. The fourth-order valence-electron chi connectivity index (χ4n) is 1.60. The first kappa shape index (κ1) is 13.1. The molecule has 0 saturated carbocycles. The number of rotatable bonds is 4. The Labute approximate surface area is 111 Å². The van der Waals surface area contributed by atoms with Crippen LogP contribution in [0, 0.1) is 0 Å². The Kier molecular flexibility index (Phi) is 3.75. The van der Waals surface area contributed by atoms with Crippen molar-refractivity contribution in [3.05, 3.63) is 41.6 Å². The summed E-state index contributed by atoms with van der Waals surface area (Å²) in [7, 11) is -3.61. The molecule has 0 saturated heterocycles. The van der Waals surface area contributed by atoms with Crippen molar-refractivity contribution >= 4 is 21.6 Å². The van der Waals surface area contributed by atoms with Crippen LogP contribution in [0.3, 0.4) is 0 Å². The quantitative estimate of drug-likeness (QED) is 0.939. The zero-order valence-electron chi connectivity index (χ0n) is 9.68. The average molecular weight is 286 g/mol. The Bertz CT molecular complexity index is 632. The number of sulfonamides is 1. The van der Waals surface area contributed by atoms with Gasteiger partial charge in [-0.2, -0.15) is 0 Å². The number of halogens is 1. The van der Waals surface area contributed by atoms with E-state index in [0.717, 1.165) is 5.56 Å². The Balaban J connectivity index is 2.48. The van der Waals surface area contributed by atoms with E-state index in [4.69, 9.17) is 16.0 Å². The highest BCUT2D eigenvalue weighted by atomic mass is 35.5. The fourth-order valence-corrected chi connectivity index (χ4v) is 2.90. The van der Waals surface area contributed by atoms with Crippen LogP contribution in [-0.4, -0.2) is 15.0 Å². The molecule has 6 heteroatoms. The molecule has 0 amide bonds. The molecule has 0 fully saturated rings. The van der Waals surface area contributed by atoms with Crippen molar-refractivity contribution in [1.82, 2.24) is 4.72 Å². The minimum Gasteiger partial charge on any atom is -0.451 e. The predicted octanol–water partition coefficient (Wildman–Crippen LogP) is 2.90. The van der Waals surface area contributed by atoms with E-state index in [0.29, 0.717) is 17.1 Å². The normalized spacial score (nSPS) is 11.7. The molecule has 0 unspecified atom stereocenters. The van der Waals surface area contributed by atoms with Crippen molar-refractivity contribution in [2.24, 2.45) is 0 Å². The van der Waals surface area contributed by atoms with Gasteiger partial charge in [0.1, 0.15) is 0 Å². The van der Waals surface area contributed by atoms with Crippen molar-refractivity contribution in [3.63, 3.8) is 0 Å². The van der Waals surface area contributed by atoms with Crippen LogP contribution in [0.2, 0.25) is 5.02 Å². The molecule has 0 aliphatic heterocycles. The van der Waals surface area contributed by atoms with Crippen LogP contribution in [-0.2, 0) is 10.0 Å². The highest BCUT2D eigenvalue weighted by molar-refractivity contribution is 7.89. The van der Waals surface area contributed by atoms with E-state index in [1.165, 1.54) is 6.26 Å². The Morgan fingerprint density at radius 1 is 1.22 bits per heavy atom. The van der Waals surface area contributed by atoms with Crippen LogP contribution in [0.5, 0.6) is 0 Å². The standard InChI is InChI=1S/C12H12ClNO3S/c1-2-14-18(15,16)12-11(7-8-17-12)9-3-5-10(13)6-4-9/h3-8,14H,2H2,1H3. The van der Waals surface area contributed by atoms with E-state index < -0.39 is 10.0 Å². The molecule has 0 spiro atoms. The van der Waals surface area contributed by atoms with Crippen molar-refractivity contribution in [2.45, 2.75) is 12.0 Å². The van der Waals surface area contributed by atoms with Gasteiger partial charge in [-0.3, -0.25) is 0 Å². The van der Waals surface area contributed by atoms with Crippen molar-refractivity contribution < 1.29 is 12.8 Å². The minimum absolute atomic E-state index is 0.0772. The summed E-state index contributed by atoms with van der Waals surface area (Å²) in [5.74, 6) is 0. The monoisotopic (exact) mass is 285 g/mol. The lowest BCUT2D eigenvalue weighted by atomic mass is 10.1. The summed E-state index contributed by atoms with van der Waals surface area (Å²) in [6.45, 7) is 2.02. The van der Waals surface area contributed by atoms with E-state index in [9.17, 15) is 8.42 Å². The van der Waals surface area contributed by atoms with Gasteiger partial charge >= 0.3 is 0 Å². The van der Waals surface area contributed by atoms with E-state index in [1.54, 1.807) is 37.3 Å². The molecule has 0 atom stereocenters. The molecule has 2 aromatic rings. The molecular weight excluding hydrogens is 274 g/mol. The molecule has 1 N–H and O–H groups in total. The molecule has 0 aliphatic carbocycles. The van der Waals surface area contributed by atoms with Gasteiger partial charge in [-0.15, -0.1) is 0 Å². The maximum atomic E-state index is 11.9. The first-order valence-corrected chi connectivity index (χ1v) is 7.24. The lowest BCUT2D eigenvalue weighted by molar-refractivity contribution is 0.448. The van der Waals surface area contributed by atoms with Gasteiger partial charge < -0.3 is 4.42 Å². The number of nitrogens with one attached hydrogen (secondary N) is 1. The van der Waals surface area contributed by atoms with Gasteiger partial charge in [0.05, 0.1) is 6.26 Å². The second-order valence-electron chi connectivity index (χ2n) is 3.63. The molecule has 2 rings (SSSR count). The molecule has 4 nitrogen and oxygen atoms in total. The maximum Gasteiger partial charge on any atom is 0.274 e. The highest BCUT2D eigenvalue weighted by Gasteiger charge is 2.22. The van der Waals surface area contributed by atoms with Gasteiger partial charge in [0.15, 0.2) is 0 Å². The van der Waals surface area contributed by atoms with Crippen molar-refractivity contribution in [2.75, 3.05) is 6.54 Å². The van der Waals surface area contributed by atoms with E-state index in [-0.39, 0.29) is 5.09 Å². The molecule has 0 bridgehead atoms. The lowest BCUT2D eigenvalue weighted by Crippen LogP contribution is -2.23. The first-order chi connectivity index (χ1) is 8.54. The number of benzene rings is 1. The molecule has 0 radical (unpaired) electrons. The van der Waals surface area contributed by atoms with Crippen molar-refractivity contribution in [3.8, 4) is 11.1 Å². The second kappa shape index (κ2) is 5.14. The van der Waals surface area contributed by atoms with Gasteiger partial charge in [0.25, 0.3) is 10.0 Å². The lowest BCUT2D eigenvalue weighted by Gasteiger charge is -2.04. The van der Waals surface area contributed by atoms with Gasteiger partial charge in [-0.05, 0) is 23.8 Å². The van der Waals surface area contributed by atoms with Crippen LogP contribution >= 0.6 is 11.6 Å². The summed E-state index contributed by atoms with van der Waals surface area (Å²) in [6, 6.07) is 8.52. The predicted molar refractivity (Wildman–Crippen MR) is 70.0 cm³/mol. The largest absolute Gasteiger partial charge is 0.451 e. The van der Waals surface area contributed by atoms with Crippen molar-refractivity contribution in [1.29, 1.82) is 0 Å². The Morgan fingerprint density at radius 2 is 1.89 bits per heavy atom. The second-order valence-corrected chi connectivity index (χ2v) is 5.73. The Morgan fingerprint density at radius 3 is 2.50 bits per heavy atom. The minimum atomic E-state index is -3.61. The summed E-state index contributed by atoms with van der Waals surface area (Å²) in [5, 5.41) is 0.519. The van der Waals surface area contributed by atoms with Crippen LogP contribution in [0.25, 0.3) is 11.1 Å². The zero-order valence-corrected chi connectivity index (χ0v) is 11.3. The SMILES string of the molecule is CCNS(=O)(=O)c1occc1-c1ccc(Cl)cc1. The van der Waals surface area contributed by atoms with E-state index in [1.807, 2.05) is 0 Å². The molecule has 0 aliphatic rings. The number of furan rings is 1. The summed E-state index contributed by atoms with van der Waals surface area (Å²) in [5.41, 5.74) is 1.26. The molecule has 1 heterocycles. The zero-order chi connectivity index (χ0) is 13.2. The smallest absolute Gasteiger partial charge is 0.274 e. The Hall–Kier alpha value is -1.30. The van der Waals surface area contributed by atoms with Gasteiger partial charge in [0.2, 0.25) is 5.09 Å². The average Bonchev–Trinajstić information content (AvgIpc) is 2.79. The molecule has 18 heavy (non-hydrogen) atoms. The summed E-state index contributed by atoms with van der Waals surface area (Å²) in [4.78, 5) is 0. The van der Waals surface area contributed by atoms with Gasteiger partial charge in [-0.1, -0.05) is 30.7 Å². The third-order valence-corrected chi connectivity index (χ3v) is 4.09. The van der Waals surface area contributed by atoms with Gasteiger partial charge in [-0.25, -0.2) is 13.1 Å². The van der Waals surface area contributed by atoms with Crippen LogP contribution in [0.1, 0.15) is 6.92 Å². The number of hydrogen-bond donors (Lipinski definition) is 1. The van der Waals surface area contributed by atoms with Crippen LogP contribution in [0.15, 0.2) is 46.1 Å². The third-order valence-electron chi connectivity index (χ3n) is 2.36. The van der Waals surface area contributed by atoms with E-state index in [2.05, 4.69) is 4.72 Å². The number of hydrogen-bond acceptors (Lipinski definition) is 3. The summed E-state index contributed by atoms with van der Waals surface area (Å²) >= 11 is 5.80. The van der Waals surface area contributed by atoms with E-state index >= 15 is 0 Å². The molecule has 1 aromatic heterocycles. The van der Waals surface area contributed by atoms with Crippen LogP contribution < -0.4 is 4.72 Å². The molecule has 96 valence electrons. The van der Waals surface area contributed by atoms with Gasteiger partial charge in [0, 0.05) is 17.1 Å². The first-order valence-electron chi connectivity index (χ1n) is 5.37. The molecule has 1 aromatic carbocycles. The third kappa shape index (κ3) is 2.58. The fraction of sp³-hybridized carbons (Fsp3) is 0.167. The maximum absolute atomic E-state index is 11.9. The highest BCUT2D eigenvalue weighted by Crippen LogP contribution is 2.29. The molecular formula is C12H12ClNO3S. The summed E-state index contributed by atoms with van der Waals surface area (Å²) in [6.07, 6.45) is 1.36.